The molecule has 3 aromatic rings. The van der Waals surface area contributed by atoms with Crippen molar-refractivity contribution in [3.05, 3.63) is 72.3 Å². The van der Waals surface area contributed by atoms with Gasteiger partial charge in [-0.1, -0.05) is 18.2 Å². The average molecular weight is 361 g/mol. The van der Waals surface area contributed by atoms with Crippen LogP contribution in [0.25, 0.3) is 11.1 Å². The van der Waals surface area contributed by atoms with Gasteiger partial charge < -0.3 is 14.4 Å². The van der Waals surface area contributed by atoms with Gasteiger partial charge in [-0.05, 0) is 41.5 Å². The van der Waals surface area contributed by atoms with Gasteiger partial charge in [0.15, 0.2) is 0 Å². The first-order valence-electron chi connectivity index (χ1n) is 8.71. The van der Waals surface area contributed by atoms with Gasteiger partial charge in [0.25, 0.3) is 5.91 Å². The molecule has 0 aliphatic carbocycles. The Morgan fingerprint density at radius 3 is 2.56 bits per heavy atom. The van der Waals surface area contributed by atoms with E-state index in [0.717, 1.165) is 16.9 Å². The van der Waals surface area contributed by atoms with E-state index in [4.69, 9.17) is 9.47 Å². The minimum absolute atomic E-state index is 0.0784. The Morgan fingerprint density at radius 2 is 1.81 bits per heavy atom. The number of benzene rings is 2. The number of fused-ring (bicyclic) bond motifs is 1. The predicted molar refractivity (Wildman–Crippen MR) is 101 cm³/mol. The summed E-state index contributed by atoms with van der Waals surface area (Å²) in [7, 11) is 1.64. The van der Waals surface area contributed by atoms with Crippen LogP contribution >= 0.6 is 0 Å². The Kier molecular flexibility index (Phi) is 4.70. The van der Waals surface area contributed by atoms with Gasteiger partial charge in [0.05, 0.1) is 25.8 Å². The van der Waals surface area contributed by atoms with E-state index in [2.05, 4.69) is 9.97 Å². The zero-order valence-corrected chi connectivity index (χ0v) is 15.0. The number of carbonyl (C=O) groups is 1. The van der Waals surface area contributed by atoms with Gasteiger partial charge in [-0.25, -0.2) is 9.97 Å². The van der Waals surface area contributed by atoms with Gasteiger partial charge in [-0.3, -0.25) is 4.79 Å². The number of hydrogen-bond donors (Lipinski definition) is 0. The molecule has 0 saturated carbocycles. The van der Waals surface area contributed by atoms with Crippen molar-refractivity contribution in [2.45, 2.75) is 6.54 Å². The Balaban J connectivity index is 1.64. The van der Waals surface area contributed by atoms with Gasteiger partial charge in [-0.2, -0.15) is 0 Å². The van der Waals surface area contributed by atoms with Crippen LogP contribution in [0, 0.1) is 0 Å². The van der Waals surface area contributed by atoms with Crippen LogP contribution < -0.4 is 9.47 Å². The van der Waals surface area contributed by atoms with Crippen LogP contribution in [-0.4, -0.2) is 41.0 Å². The van der Waals surface area contributed by atoms with E-state index in [0.29, 0.717) is 36.8 Å². The fourth-order valence-corrected chi connectivity index (χ4v) is 3.06. The van der Waals surface area contributed by atoms with Gasteiger partial charge in [0.1, 0.15) is 23.9 Å². The SMILES string of the molecule is COc1ccc(-c2ccc3c(c2)C(=O)N(Cc2ncccn2)CCO3)cc1. The third-order valence-corrected chi connectivity index (χ3v) is 4.49. The smallest absolute Gasteiger partial charge is 0.258 e. The number of amides is 1. The van der Waals surface area contributed by atoms with Gasteiger partial charge in [0.2, 0.25) is 0 Å². The number of rotatable bonds is 4. The fraction of sp³-hybridized carbons (Fsp3) is 0.190. The van der Waals surface area contributed by atoms with Crippen molar-refractivity contribution in [3.8, 4) is 22.6 Å². The summed E-state index contributed by atoms with van der Waals surface area (Å²) in [5, 5.41) is 0. The molecule has 136 valence electrons. The molecule has 0 saturated heterocycles. The maximum atomic E-state index is 13.1. The van der Waals surface area contributed by atoms with E-state index in [1.165, 1.54) is 0 Å². The van der Waals surface area contributed by atoms with Crippen LogP contribution in [0.4, 0.5) is 0 Å². The topological polar surface area (TPSA) is 64.5 Å². The highest BCUT2D eigenvalue weighted by Crippen LogP contribution is 2.30. The monoisotopic (exact) mass is 361 g/mol. The van der Waals surface area contributed by atoms with Crippen LogP contribution in [0.2, 0.25) is 0 Å². The highest BCUT2D eigenvalue weighted by molar-refractivity contribution is 5.98. The maximum Gasteiger partial charge on any atom is 0.258 e. The third-order valence-electron chi connectivity index (χ3n) is 4.49. The van der Waals surface area contributed by atoms with Crippen molar-refractivity contribution >= 4 is 5.91 Å². The standard InChI is InChI=1S/C21H19N3O3/c1-26-17-6-3-15(4-7-17)16-5-8-19-18(13-16)21(25)24(11-12-27-19)14-20-22-9-2-10-23-20/h2-10,13H,11-12,14H2,1H3. The predicted octanol–water partition coefficient (Wildman–Crippen LogP) is 3.19. The average Bonchev–Trinajstić information content (AvgIpc) is 2.88. The van der Waals surface area contributed by atoms with E-state index in [1.807, 2.05) is 42.5 Å². The van der Waals surface area contributed by atoms with Crippen LogP contribution in [0.1, 0.15) is 16.2 Å². The molecular formula is C21H19N3O3. The highest BCUT2D eigenvalue weighted by Gasteiger charge is 2.24. The van der Waals surface area contributed by atoms with E-state index >= 15 is 0 Å². The second-order valence-corrected chi connectivity index (χ2v) is 6.18. The zero-order chi connectivity index (χ0) is 18.6. The van der Waals surface area contributed by atoms with Gasteiger partial charge in [-0.15, -0.1) is 0 Å². The molecular weight excluding hydrogens is 342 g/mol. The van der Waals surface area contributed by atoms with Crippen molar-refractivity contribution in [2.75, 3.05) is 20.3 Å². The molecule has 0 spiro atoms. The molecule has 1 aliphatic rings. The number of aromatic nitrogens is 2. The van der Waals surface area contributed by atoms with Crippen LogP contribution in [-0.2, 0) is 6.54 Å². The summed E-state index contributed by atoms with van der Waals surface area (Å²) in [6.07, 6.45) is 3.35. The molecule has 27 heavy (non-hydrogen) atoms. The maximum absolute atomic E-state index is 13.1. The summed E-state index contributed by atoms with van der Waals surface area (Å²) in [5.41, 5.74) is 2.51. The second-order valence-electron chi connectivity index (χ2n) is 6.18. The summed E-state index contributed by atoms with van der Waals surface area (Å²) in [6, 6.07) is 15.2. The number of carbonyl (C=O) groups excluding carboxylic acids is 1. The fourth-order valence-electron chi connectivity index (χ4n) is 3.06. The molecule has 2 heterocycles. The van der Waals surface area contributed by atoms with Gasteiger partial charge >= 0.3 is 0 Å². The van der Waals surface area contributed by atoms with Crippen LogP contribution in [0.15, 0.2) is 60.9 Å². The molecule has 0 radical (unpaired) electrons. The summed E-state index contributed by atoms with van der Waals surface area (Å²) in [5.74, 6) is 1.93. The van der Waals surface area contributed by atoms with Crippen molar-refractivity contribution in [2.24, 2.45) is 0 Å². The molecule has 0 N–H and O–H groups in total. The van der Waals surface area contributed by atoms with Crippen LogP contribution in [0.3, 0.4) is 0 Å². The molecule has 6 nitrogen and oxygen atoms in total. The first-order chi connectivity index (χ1) is 13.2. The van der Waals surface area contributed by atoms with Gasteiger partial charge in [0, 0.05) is 12.4 Å². The third kappa shape index (κ3) is 3.60. The summed E-state index contributed by atoms with van der Waals surface area (Å²) in [6.45, 7) is 1.28. The zero-order valence-electron chi connectivity index (χ0n) is 15.0. The molecule has 1 aromatic heterocycles. The molecule has 0 unspecified atom stereocenters. The molecule has 0 atom stereocenters. The normalized spacial score (nSPS) is 13.5. The molecule has 0 bridgehead atoms. The van der Waals surface area contributed by atoms with E-state index in [-0.39, 0.29) is 5.91 Å². The lowest BCUT2D eigenvalue weighted by atomic mass is 10.0. The number of methoxy groups -OCH3 is 1. The van der Waals surface area contributed by atoms with Crippen molar-refractivity contribution in [1.82, 2.24) is 14.9 Å². The number of hydrogen-bond acceptors (Lipinski definition) is 5. The molecule has 1 amide bonds. The Bertz CT molecular complexity index is 943. The number of ether oxygens (including phenoxy) is 2. The number of nitrogens with zero attached hydrogens (tertiary/aromatic N) is 3. The van der Waals surface area contributed by atoms with E-state index < -0.39 is 0 Å². The molecule has 4 rings (SSSR count). The largest absolute Gasteiger partial charge is 0.497 e. The minimum Gasteiger partial charge on any atom is -0.497 e. The summed E-state index contributed by atoms with van der Waals surface area (Å²) in [4.78, 5) is 23.3. The first-order valence-corrected chi connectivity index (χ1v) is 8.71. The van der Waals surface area contributed by atoms with E-state index in [9.17, 15) is 4.79 Å². The molecule has 6 heteroatoms. The summed E-state index contributed by atoms with van der Waals surface area (Å²) >= 11 is 0. The van der Waals surface area contributed by atoms with Crippen molar-refractivity contribution in [1.29, 1.82) is 0 Å². The lowest BCUT2D eigenvalue weighted by Crippen LogP contribution is -2.32. The second kappa shape index (κ2) is 7.45. The van der Waals surface area contributed by atoms with Crippen molar-refractivity contribution < 1.29 is 14.3 Å². The van der Waals surface area contributed by atoms with E-state index in [1.54, 1.807) is 30.5 Å². The quantitative estimate of drug-likeness (QED) is 0.714. The molecule has 2 aromatic carbocycles. The lowest BCUT2D eigenvalue weighted by Gasteiger charge is -2.19. The van der Waals surface area contributed by atoms with Crippen LogP contribution in [0.5, 0.6) is 11.5 Å². The minimum atomic E-state index is -0.0784. The highest BCUT2D eigenvalue weighted by atomic mass is 16.5. The lowest BCUT2D eigenvalue weighted by molar-refractivity contribution is 0.0738. The molecule has 1 aliphatic heterocycles. The molecule has 0 fully saturated rings. The first kappa shape index (κ1) is 17.0. The van der Waals surface area contributed by atoms with Crippen molar-refractivity contribution in [3.63, 3.8) is 0 Å². The Hall–Kier alpha value is -3.41. The summed E-state index contributed by atoms with van der Waals surface area (Å²) < 4.78 is 11.0. The Labute approximate surface area is 157 Å². The Morgan fingerprint density at radius 1 is 1.07 bits per heavy atom.